The molecule has 0 aliphatic carbocycles. The summed E-state index contributed by atoms with van der Waals surface area (Å²) in [6, 6.07) is 2.92. The first kappa shape index (κ1) is 19.6. The van der Waals surface area contributed by atoms with Crippen LogP contribution in [0.1, 0.15) is 28.9 Å². The fourth-order valence-electron chi connectivity index (χ4n) is 3.75. The van der Waals surface area contributed by atoms with Crippen LogP contribution in [0.5, 0.6) is 0 Å². The van der Waals surface area contributed by atoms with Crippen LogP contribution in [0.15, 0.2) is 18.3 Å². The Morgan fingerprint density at radius 3 is 2.56 bits per heavy atom. The predicted octanol–water partition coefficient (Wildman–Crippen LogP) is 1.70. The van der Waals surface area contributed by atoms with Gasteiger partial charge in [0.2, 0.25) is 5.91 Å². The largest absolute Gasteiger partial charge is 0.406 e. The number of aromatic nitrogens is 1. The molecule has 0 aromatic carbocycles. The van der Waals surface area contributed by atoms with E-state index >= 15 is 0 Å². The van der Waals surface area contributed by atoms with Crippen molar-refractivity contribution in [3.63, 3.8) is 0 Å². The number of aryl methyl sites for hydroxylation is 1. The number of alkyl halides is 3. The van der Waals surface area contributed by atoms with Gasteiger partial charge in [-0.05, 0) is 31.9 Å². The van der Waals surface area contributed by atoms with Gasteiger partial charge in [0.15, 0.2) is 0 Å². The van der Waals surface area contributed by atoms with Gasteiger partial charge in [-0.2, -0.15) is 13.2 Å². The highest BCUT2D eigenvalue weighted by atomic mass is 19.4. The lowest BCUT2D eigenvalue weighted by Gasteiger charge is -2.42. The molecule has 0 spiro atoms. The molecule has 0 N–H and O–H groups in total. The summed E-state index contributed by atoms with van der Waals surface area (Å²) in [6.07, 6.45) is -1.64. The average molecular weight is 384 g/mol. The minimum absolute atomic E-state index is 0.103. The Labute approximate surface area is 155 Å². The summed E-state index contributed by atoms with van der Waals surface area (Å²) in [4.78, 5) is 33.8. The summed E-state index contributed by atoms with van der Waals surface area (Å²) < 4.78 is 38.0. The minimum Gasteiger partial charge on any atom is -0.336 e. The van der Waals surface area contributed by atoms with E-state index in [1.54, 1.807) is 30.2 Å². The number of carbonyl (C=O) groups is 2. The molecule has 2 aliphatic rings. The predicted molar refractivity (Wildman–Crippen MR) is 92.1 cm³/mol. The molecule has 2 fully saturated rings. The summed E-state index contributed by atoms with van der Waals surface area (Å²) >= 11 is 0. The number of hydrogen-bond acceptors (Lipinski definition) is 4. The van der Waals surface area contributed by atoms with E-state index in [0.29, 0.717) is 50.3 Å². The van der Waals surface area contributed by atoms with Crippen molar-refractivity contribution in [1.82, 2.24) is 19.7 Å². The lowest BCUT2D eigenvalue weighted by atomic mass is 10.0. The van der Waals surface area contributed by atoms with Gasteiger partial charge in [-0.1, -0.05) is 0 Å². The summed E-state index contributed by atoms with van der Waals surface area (Å²) in [7, 11) is 0. The molecule has 1 unspecified atom stereocenters. The van der Waals surface area contributed by atoms with Gasteiger partial charge in [-0.25, -0.2) is 0 Å². The number of halogens is 3. The molecule has 3 heterocycles. The Morgan fingerprint density at radius 2 is 1.93 bits per heavy atom. The lowest BCUT2D eigenvalue weighted by molar-refractivity contribution is -0.168. The fraction of sp³-hybridized carbons (Fsp3) is 0.611. The van der Waals surface area contributed by atoms with Crippen molar-refractivity contribution >= 4 is 11.8 Å². The maximum absolute atomic E-state index is 12.7. The molecule has 2 aliphatic heterocycles. The fourth-order valence-corrected chi connectivity index (χ4v) is 3.75. The van der Waals surface area contributed by atoms with Crippen LogP contribution in [0.4, 0.5) is 13.2 Å². The van der Waals surface area contributed by atoms with Crippen LogP contribution in [-0.2, 0) is 4.79 Å². The van der Waals surface area contributed by atoms with E-state index in [-0.39, 0.29) is 12.5 Å². The highest BCUT2D eigenvalue weighted by molar-refractivity contribution is 5.95. The second-order valence-electron chi connectivity index (χ2n) is 7.00. The van der Waals surface area contributed by atoms with Crippen molar-refractivity contribution in [1.29, 1.82) is 0 Å². The normalized spacial score (nSPS) is 22.2. The van der Waals surface area contributed by atoms with E-state index in [1.165, 1.54) is 0 Å². The number of pyridine rings is 1. The van der Waals surface area contributed by atoms with Gasteiger partial charge in [0, 0.05) is 44.6 Å². The van der Waals surface area contributed by atoms with Crippen molar-refractivity contribution in [2.24, 2.45) is 0 Å². The van der Waals surface area contributed by atoms with Gasteiger partial charge in [-0.3, -0.25) is 19.5 Å². The van der Waals surface area contributed by atoms with Crippen LogP contribution >= 0.6 is 0 Å². The van der Waals surface area contributed by atoms with Crippen LogP contribution in [0.25, 0.3) is 0 Å². The Morgan fingerprint density at radius 1 is 1.22 bits per heavy atom. The number of rotatable bonds is 3. The molecule has 0 bridgehead atoms. The van der Waals surface area contributed by atoms with Gasteiger partial charge in [0.1, 0.15) is 6.54 Å². The number of amides is 2. The number of piperidine rings is 1. The van der Waals surface area contributed by atoms with Crippen LogP contribution in [0, 0.1) is 6.92 Å². The molecule has 2 amide bonds. The van der Waals surface area contributed by atoms with Crippen LogP contribution in [0.2, 0.25) is 0 Å². The summed E-state index contributed by atoms with van der Waals surface area (Å²) in [5.74, 6) is -0.560. The van der Waals surface area contributed by atoms with Crippen LogP contribution in [-0.4, -0.2) is 83.0 Å². The highest BCUT2D eigenvalue weighted by Gasteiger charge is 2.40. The third kappa shape index (κ3) is 4.58. The molecule has 27 heavy (non-hydrogen) atoms. The maximum atomic E-state index is 12.7. The smallest absolute Gasteiger partial charge is 0.336 e. The first-order valence-corrected chi connectivity index (χ1v) is 9.07. The van der Waals surface area contributed by atoms with Gasteiger partial charge in [0.05, 0.1) is 11.6 Å². The number of nitrogens with zero attached hydrogens (tertiary/aromatic N) is 4. The number of piperazine rings is 1. The lowest BCUT2D eigenvalue weighted by Crippen LogP contribution is -2.59. The Kier molecular flexibility index (Phi) is 5.69. The van der Waals surface area contributed by atoms with Crippen LogP contribution < -0.4 is 0 Å². The summed E-state index contributed by atoms with van der Waals surface area (Å²) in [6.45, 7) is 2.56. The zero-order chi connectivity index (χ0) is 19.6. The van der Waals surface area contributed by atoms with Crippen molar-refractivity contribution in [3.05, 3.63) is 29.6 Å². The summed E-state index contributed by atoms with van der Waals surface area (Å²) in [5, 5.41) is 0. The minimum atomic E-state index is -4.38. The van der Waals surface area contributed by atoms with Crippen molar-refractivity contribution in [2.75, 3.05) is 39.3 Å². The number of hydrogen-bond donors (Lipinski definition) is 0. The molecule has 0 radical (unpaired) electrons. The molecule has 1 aromatic heterocycles. The zero-order valence-electron chi connectivity index (χ0n) is 15.2. The molecule has 6 nitrogen and oxygen atoms in total. The second-order valence-corrected chi connectivity index (χ2v) is 7.00. The van der Waals surface area contributed by atoms with E-state index in [9.17, 15) is 22.8 Å². The molecule has 148 valence electrons. The van der Waals surface area contributed by atoms with Crippen LogP contribution in [0.3, 0.4) is 0 Å². The van der Waals surface area contributed by atoms with Gasteiger partial charge < -0.3 is 9.80 Å². The monoisotopic (exact) mass is 384 g/mol. The molecular weight excluding hydrogens is 361 g/mol. The molecule has 3 rings (SSSR count). The molecule has 2 saturated heterocycles. The number of carbonyl (C=O) groups excluding carboxylic acids is 2. The third-order valence-electron chi connectivity index (χ3n) is 5.15. The topological polar surface area (TPSA) is 56.8 Å². The Hall–Kier alpha value is -2.16. The molecular formula is C18H23F3N4O2. The van der Waals surface area contributed by atoms with E-state index in [0.717, 1.165) is 4.90 Å². The van der Waals surface area contributed by atoms with E-state index in [1.807, 2.05) is 4.90 Å². The SMILES string of the molecule is Cc1ncccc1C(=O)N1CCN(C2CCCN(CC(F)(F)F)C2=O)CC1. The maximum Gasteiger partial charge on any atom is 0.406 e. The molecule has 9 heteroatoms. The molecule has 0 saturated carbocycles. The van der Waals surface area contributed by atoms with E-state index in [4.69, 9.17) is 0 Å². The Bertz CT molecular complexity index is 702. The first-order chi connectivity index (χ1) is 12.8. The van der Waals surface area contributed by atoms with Crippen molar-refractivity contribution in [3.8, 4) is 0 Å². The highest BCUT2D eigenvalue weighted by Crippen LogP contribution is 2.24. The first-order valence-electron chi connectivity index (χ1n) is 9.07. The third-order valence-corrected chi connectivity index (χ3v) is 5.15. The van der Waals surface area contributed by atoms with E-state index in [2.05, 4.69) is 4.98 Å². The quantitative estimate of drug-likeness (QED) is 0.796. The zero-order valence-corrected chi connectivity index (χ0v) is 15.2. The molecule has 1 aromatic rings. The van der Waals surface area contributed by atoms with Crippen molar-refractivity contribution < 1.29 is 22.8 Å². The van der Waals surface area contributed by atoms with E-state index < -0.39 is 24.7 Å². The van der Waals surface area contributed by atoms with Crippen molar-refractivity contribution in [2.45, 2.75) is 32.0 Å². The van der Waals surface area contributed by atoms with Gasteiger partial charge >= 0.3 is 6.18 Å². The summed E-state index contributed by atoms with van der Waals surface area (Å²) in [5.41, 5.74) is 1.21. The van der Waals surface area contributed by atoms with Gasteiger partial charge in [0.25, 0.3) is 5.91 Å². The Balaban J connectivity index is 1.59. The standard InChI is InChI=1S/C18H23F3N4O2/c1-13-14(4-2-6-22-13)16(26)24-10-8-23(9-11-24)15-5-3-7-25(17(15)27)12-18(19,20)21/h2,4,6,15H,3,5,7-12H2,1H3. The number of likely N-dealkylation sites (tertiary alicyclic amines) is 1. The van der Waals surface area contributed by atoms with Gasteiger partial charge in [-0.15, -0.1) is 0 Å². The second kappa shape index (κ2) is 7.84. The molecule has 1 atom stereocenters. The average Bonchev–Trinajstić information content (AvgIpc) is 2.62.